The van der Waals surface area contributed by atoms with Gasteiger partial charge in [0.2, 0.25) is 0 Å². The first-order valence-electron chi connectivity index (χ1n) is 14.1. The maximum Gasteiger partial charge on any atom is 0.344 e. The van der Waals surface area contributed by atoms with E-state index in [9.17, 15) is 14.4 Å². The van der Waals surface area contributed by atoms with Crippen molar-refractivity contribution in [2.75, 3.05) is 26.3 Å². The third-order valence-electron chi connectivity index (χ3n) is 7.35. The molecule has 1 aliphatic heterocycles. The Morgan fingerprint density at radius 2 is 1.77 bits per heavy atom. The summed E-state index contributed by atoms with van der Waals surface area (Å²) in [5.74, 6) is -0.200. The Kier molecular flexibility index (Phi) is 9.13. The molecule has 3 aromatic carbocycles. The second-order valence-corrected chi connectivity index (χ2v) is 11.3. The van der Waals surface area contributed by atoms with Crippen LogP contribution >= 0.6 is 22.9 Å². The van der Waals surface area contributed by atoms with Gasteiger partial charge in [-0.2, -0.15) is 0 Å². The highest BCUT2D eigenvalue weighted by atomic mass is 35.5. The average Bonchev–Trinajstić information content (AvgIpc) is 3.31. The summed E-state index contributed by atoms with van der Waals surface area (Å²) in [6, 6.07) is 17.9. The number of fused-ring (bicyclic) bond motifs is 2. The van der Waals surface area contributed by atoms with Crippen molar-refractivity contribution < 1.29 is 19.1 Å². The van der Waals surface area contributed by atoms with E-state index >= 15 is 0 Å². The molecule has 5 rings (SSSR count). The Labute approximate surface area is 258 Å². The molecule has 0 fully saturated rings. The van der Waals surface area contributed by atoms with E-state index in [1.54, 1.807) is 40.7 Å². The van der Waals surface area contributed by atoms with E-state index in [0.717, 1.165) is 16.3 Å². The zero-order chi connectivity index (χ0) is 30.7. The van der Waals surface area contributed by atoms with Gasteiger partial charge in [0.15, 0.2) is 11.4 Å². The number of hydrogen-bond donors (Lipinski definition) is 0. The summed E-state index contributed by atoms with van der Waals surface area (Å²) in [6.45, 7) is 8.44. The largest absolute Gasteiger partial charge is 0.481 e. The maximum absolute atomic E-state index is 14.2. The minimum absolute atomic E-state index is 0.163. The normalized spacial score (nSPS) is 14.8. The first-order valence-corrected chi connectivity index (χ1v) is 15.3. The highest BCUT2D eigenvalue weighted by Gasteiger charge is 2.34. The van der Waals surface area contributed by atoms with E-state index < -0.39 is 12.0 Å². The maximum atomic E-state index is 14.2. The van der Waals surface area contributed by atoms with Gasteiger partial charge in [0.25, 0.3) is 11.5 Å². The molecule has 0 spiro atoms. The number of nitrogens with zero attached hydrogens (tertiary/aromatic N) is 3. The van der Waals surface area contributed by atoms with Crippen LogP contribution < -0.4 is 19.6 Å². The van der Waals surface area contributed by atoms with Gasteiger partial charge in [0.05, 0.1) is 28.5 Å². The van der Waals surface area contributed by atoms with Gasteiger partial charge in [-0.3, -0.25) is 14.2 Å². The van der Waals surface area contributed by atoms with E-state index in [2.05, 4.69) is 0 Å². The number of thiazole rings is 1. The molecular formula is C33H32ClN3O5S. The number of rotatable bonds is 9. The van der Waals surface area contributed by atoms with Crippen molar-refractivity contribution in [2.45, 2.75) is 33.7 Å². The summed E-state index contributed by atoms with van der Waals surface area (Å²) in [4.78, 5) is 47.1. The molecule has 0 N–H and O–H groups in total. The van der Waals surface area contributed by atoms with Crippen LogP contribution in [0.4, 0.5) is 0 Å². The van der Waals surface area contributed by atoms with Gasteiger partial charge >= 0.3 is 5.97 Å². The highest BCUT2D eigenvalue weighted by Crippen LogP contribution is 2.32. The number of likely N-dealkylation sites (N-methyl/N-ethyl adjacent to an activating group) is 1. The van der Waals surface area contributed by atoms with Gasteiger partial charge in [-0.05, 0) is 68.3 Å². The Morgan fingerprint density at radius 3 is 2.47 bits per heavy atom. The van der Waals surface area contributed by atoms with Crippen LogP contribution in [0.5, 0.6) is 5.75 Å². The summed E-state index contributed by atoms with van der Waals surface area (Å²) in [7, 11) is 0. The molecule has 0 saturated carbocycles. The summed E-state index contributed by atoms with van der Waals surface area (Å²) in [6.07, 6.45) is 1.77. The molecule has 43 heavy (non-hydrogen) atoms. The molecule has 0 radical (unpaired) electrons. The molecule has 4 aromatic rings. The van der Waals surface area contributed by atoms with Crippen LogP contribution in [0.2, 0.25) is 5.02 Å². The average molecular weight is 618 g/mol. The Bertz CT molecular complexity index is 1910. The smallest absolute Gasteiger partial charge is 0.344 e. The summed E-state index contributed by atoms with van der Waals surface area (Å²) < 4.78 is 12.9. The number of ether oxygens (including phenoxy) is 2. The zero-order valence-corrected chi connectivity index (χ0v) is 26.0. The van der Waals surface area contributed by atoms with Gasteiger partial charge in [0.1, 0.15) is 5.75 Å². The van der Waals surface area contributed by atoms with Crippen LogP contribution in [-0.4, -0.2) is 47.6 Å². The van der Waals surface area contributed by atoms with E-state index in [-0.39, 0.29) is 24.7 Å². The second kappa shape index (κ2) is 13.0. The van der Waals surface area contributed by atoms with Crippen molar-refractivity contribution in [1.82, 2.24) is 9.47 Å². The third-order valence-corrected chi connectivity index (χ3v) is 8.58. The first-order chi connectivity index (χ1) is 20.8. The van der Waals surface area contributed by atoms with E-state index in [0.29, 0.717) is 50.0 Å². The molecule has 8 nitrogen and oxygen atoms in total. The number of amides is 1. The molecule has 0 saturated heterocycles. The lowest BCUT2D eigenvalue weighted by Gasteiger charge is -2.29. The number of halogens is 1. The van der Waals surface area contributed by atoms with Gasteiger partial charge in [-0.1, -0.05) is 65.4 Å². The van der Waals surface area contributed by atoms with Crippen LogP contribution in [0.1, 0.15) is 44.9 Å². The number of benzene rings is 3. The minimum atomic E-state index is -0.684. The predicted molar refractivity (Wildman–Crippen MR) is 169 cm³/mol. The summed E-state index contributed by atoms with van der Waals surface area (Å²) in [5.41, 5.74) is 2.14. The van der Waals surface area contributed by atoms with Crippen LogP contribution in [0.25, 0.3) is 16.8 Å². The van der Waals surface area contributed by atoms with Crippen LogP contribution in [0.3, 0.4) is 0 Å². The summed E-state index contributed by atoms with van der Waals surface area (Å²) in [5, 5.41) is 2.37. The van der Waals surface area contributed by atoms with Crippen LogP contribution in [0.15, 0.2) is 81.7 Å². The molecular weight excluding hydrogens is 586 g/mol. The highest BCUT2D eigenvalue weighted by molar-refractivity contribution is 7.07. The second-order valence-electron chi connectivity index (χ2n) is 9.90. The predicted octanol–water partition coefficient (Wildman–Crippen LogP) is 4.85. The molecule has 0 unspecified atom stereocenters. The molecule has 222 valence electrons. The quantitative estimate of drug-likeness (QED) is 0.251. The van der Waals surface area contributed by atoms with Crippen molar-refractivity contribution in [2.24, 2.45) is 4.99 Å². The lowest BCUT2D eigenvalue weighted by Crippen LogP contribution is -2.43. The van der Waals surface area contributed by atoms with Gasteiger partial charge in [-0.25, -0.2) is 9.79 Å². The van der Waals surface area contributed by atoms with E-state index in [4.69, 9.17) is 26.1 Å². The standard InChI is InChI=1S/C33H32ClN3O5S/c1-5-36(6-2)32(40)29-20(4)35-33-37(30(29)22-12-15-23(34)16-13-22)31(39)27(43-33)18-25-24-11-9-8-10-21(24)14-17-26(25)42-19-28(38)41-7-3/h8-18,30H,5-7,19H2,1-4H3/b27-18+/t30-/m1/s1. The Hall–Kier alpha value is -4.21. The van der Waals surface area contributed by atoms with E-state index in [1.807, 2.05) is 63.2 Å². The fourth-order valence-electron chi connectivity index (χ4n) is 5.26. The molecule has 0 bridgehead atoms. The molecule has 0 aliphatic carbocycles. The topological polar surface area (TPSA) is 90.2 Å². The Morgan fingerprint density at radius 1 is 1.05 bits per heavy atom. The van der Waals surface area contributed by atoms with Crippen molar-refractivity contribution in [3.05, 3.63) is 108 Å². The first kappa shape index (κ1) is 30.3. The Balaban J connectivity index is 1.72. The fraction of sp³-hybridized carbons (Fsp3) is 0.273. The van der Waals surface area contributed by atoms with Gasteiger partial charge in [-0.15, -0.1) is 0 Å². The number of allylic oxidation sites excluding steroid dienone is 1. The zero-order valence-electron chi connectivity index (χ0n) is 24.4. The number of carbonyl (C=O) groups excluding carboxylic acids is 2. The lowest BCUT2D eigenvalue weighted by atomic mass is 9.94. The summed E-state index contributed by atoms with van der Waals surface area (Å²) >= 11 is 7.45. The van der Waals surface area contributed by atoms with Crippen molar-refractivity contribution in [3.8, 4) is 5.75 Å². The monoisotopic (exact) mass is 617 g/mol. The van der Waals surface area contributed by atoms with Gasteiger partial charge in [0, 0.05) is 23.7 Å². The fourth-order valence-corrected chi connectivity index (χ4v) is 6.41. The minimum Gasteiger partial charge on any atom is -0.481 e. The van der Waals surface area contributed by atoms with Crippen molar-refractivity contribution in [3.63, 3.8) is 0 Å². The molecule has 1 aromatic heterocycles. The molecule has 1 atom stereocenters. The molecule has 1 aliphatic rings. The van der Waals surface area contributed by atoms with E-state index in [1.165, 1.54) is 11.3 Å². The number of hydrogen-bond acceptors (Lipinski definition) is 7. The molecule has 10 heteroatoms. The van der Waals surface area contributed by atoms with Crippen molar-refractivity contribution >= 4 is 51.7 Å². The van der Waals surface area contributed by atoms with Crippen LogP contribution in [-0.2, 0) is 14.3 Å². The third kappa shape index (κ3) is 6.00. The van der Waals surface area contributed by atoms with Crippen LogP contribution in [0, 0.1) is 0 Å². The number of esters is 1. The van der Waals surface area contributed by atoms with Crippen molar-refractivity contribution in [1.29, 1.82) is 0 Å². The molecule has 2 heterocycles. The lowest BCUT2D eigenvalue weighted by molar-refractivity contribution is -0.145. The number of aromatic nitrogens is 1. The SMILES string of the molecule is CCOC(=O)COc1ccc2ccccc2c1/C=c1/sc2n(c1=O)[C@H](c1ccc(Cl)cc1)C(C(=O)N(CC)CC)=C(C)N=2. The molecule has 1 amide bonds. The van der Waals surface area contributed by atoms with Gasteiger partial charge < -0.3 is 14.4 Å². The number of carbonyl (C=O) groups is 2.